The summed E-state index contributed by atoms with van der Waals surface area (Å²) < 4.78 is 5.25. The lowest BCUT2D eigenvalue weighted by Gasteiger charge is -2.13. The summed E-state index contributed by atoms with van der Waals surface area (Å²) in [4.78, 5) is 23.5. The minimum absolute atomic E-state index is 0. The largest absolute Gasteiger partial charge is 0.496 e. The molecule has 0 radical (unpaired) electrons. The van der Waals surface area contributed by atoms with Gasteiger partial charge in [0.1, 0.15) is 5.75 Å². The molecular weight excluding hydrogens is 292 g/mol. The Morgan fingerprint density at radius 3 is 2.76 bits per heavy atom. The first-order chi connectivity index (χ1) is 9.60. The molecule has 1 saturated heterocycles. The molecule has 21 heavy (non-hydrogen) atoms. The molecule has 0 spiro atoms. The molecule has 0 saturated carbocycles. The minimum atomic E-state index is -0.0438. The molecule has 1 aliphatic heterocycles. The average Bonchev–Trinajstić information content (AvgIpc) is 2.91. The average molecular weight is 313 g/mol. The number of hydrogen-bond acceptors (Lipinski definition) is 4. The first-order valence-electron chi connectivity index (χ1n) is 6.78. The van der Waals surface area contributed by atoms with Crippen molar-refractivity contribution >= 4 is 24.1 Å². The van der Waals surface area contributed by atoms with Crippen LogP contribution in [0.5, 0.6) is 5.75 Å². The maximum atomic E-state index is 12.0. The molecule has 5 nitrogen and oxygen atoms in total. The van der Waals surface area contributed by atoms with E-state index in [4.69, 9.17) is 4.74 Å². The van der Waals surface area contributed by atoms with Gasteiger partial charge in [-0.2, -0.15) is 0 Å². The van der Waals surface area contributed by atoms with E-state index < -0.39 is 0 Å². The van der Waals surface area contributed by atoms with Gasteiger partial charge in [0.25, 0.3) is 0 Å². The van der Waals surface area contributed by atoms with Crippen molar-refractivity contribution in [3.8, 4) is 5.75 Å². The molecule has 0 bridgehead atoms. The summed E-state index contributed by atoms with van der Waals surface area (Å²) in [5.74, 6) is 0.571. The smallest absolute Gasteiger partial charge is 0.224 e. The number of carbonyl (C=O) groups excluding carboxylic acids is 2. The second-order valence-corrected chi connectivity index (χ2v) is 5.02. The van der Waals surface area contributed by atoms with Gasteiger partial charge in [-0.05, 0) is 38.1 Å². The number of rotatable bonds is 5. The maximum Gasteiger partial charge on any atom is 0.224 e. The highest BCUT2D eigenvalue weighted by Gasteiger charge is 2.18. The number of methoxy groups -OCH3 is 1. The monoisotopic (exact) mass is 312 g/mol. The van der Waals surface area contributed by atoms with Gasteiger partial charge < -0.3 is 15.4 Å². The number of halogens is 1. The van der Waals surface area contributed by atoms with Crippen LogP contribution in [0.25, 0.3) is 0 Å². The standard InChI is InChI=1S/C15H20N2O3.ClH/c1-10(18)11-3-4-14(20-2)12(7-11)8-15(19)17-13-5-6-16-9-13;/h3-4,7,13,16H,5-6,8-9H2,1-2H3,(H,17,19);1H. The number of nitrogens with one attached hydrogen (secondary N) is 2. The van der Waals surface area contributed by atoms with E-state index in [9.17, 15) is 9.59 Å². The molecule has 1 aromatic carbocycles. The summed E-state index contributed by atoms with van der Waals surface area (Å²) in [6.07, 6.45) is 1.18. The third-order valence-corrected chi connectivity index (χ3v) is 3.46. The van der Waals surface area contributed by atoms with Crippen LogP contribution in [0.15, 0.2) is 18.2 Å². The Morgan fingerprint density at radius 1 is 1.43 bits per heavy atom. The van der Waals surface area contributed by atoms with E-state index in [1.807, 2.05) is 0 Å². The van der Waals surface area contributed by atoms with Gasteiger partial charge in [0, 0.05) is 23.7 Å². The fraction of sp³-hybridized carbons (Fsp3) is 0.467. The van der Waals surface area contributed by atoms with Gasteiger partial charge in [0.15, 0.2) is 5.78 Å². The SMILES string of the molecule is COc1ccc(C(C)=O)cc1CC(=O)NC1CCNC1.Cl. The Bertz CT molecular complexity index is 514. The molecule has 116 valence electrons. The highest BCUT2D eigenvalue weighted by atomic mass is 35.5. The number of ether oxygens (including phenoxy) is 1. The van der Waals surface area contributed by atoms with Gasteiger partial charge in [-0.25, -0.2) is 0 Å². The molecule has 1 unspecified atom stereocenters. The topological polar surface area (TPSA) is 67.4 Å². The quantitative estimate of drug-likeness (QED) is 0.805. The number of carbonyl (C=O) groups is 2. The van der Waals surface area contributed by atoms with Gasteiger partial charge >= 0.3 is 0 Å². The van der Waals surface area contributed by atoms with Crippen LogP contribution in [-0.4, -0.2) is 37.9 Å². The van der Waals surface area contributed by atoms with Crippen LogP contribution in [0.3, 0.4) is 0 Å². The van der Waals surface area contributed by atoms with Crippen LogP contribution in [0.1, 0.15) is 29.3 Å². The Balaban J connectivity index is 0.00000220. The van der Waals surface area contributed by atoms with Crippen LogP contribution in [0, 0.1) is 0 Å². The van der Waals surface area contributed by atoms with Crippen molar-refractivity contribution < 1.29 is 14.3 Å². The van der Waals surface area contributed by atoms with E-state index in [-0.39, 0.29) is 36.6 Å². The second kappa shape index (κ2) is 8.00. The van der Waals surface area contributed by atoms with Crippen molar-refractivity contribution in [2.75, 3.05) is 20.2 Å². The molecule has 0 aliphatic carbocycles. The molecule has 2 rings (SSSR count). The summed E-state index contributed by atoms with van der Waals surface area (Å²) in [6, 6.07) is 5.37. The van der Waals surface area contributed by atoms with Crippen molar-refractivity contribution in [3.63, 3.8) is 0 Å². The van der Waals surface area contributed by atoms with Crippen LogP contribution in [0.2, 0.25) is 0 Å². The number of Topliss-reactive ketones (excluding diaryl/α,β-unsaturated/α-hetero) is 1. The molecule has 6 heteroatoms. The molecule has 1 atom stereocenters. The third kappa shape index (κ3) is 4.72. The van der Waals surface area contributed by atoms with E-state index in [2.05, 4.69) is 10.6 Å². The minimum Gasteiger partial charge on any atom is -0.496 e. The third-order valence-electron chi connectivity index (χ3n) is 3.46. The Kier molecular flexibility index (Phi) is 6.65. The summed E-state index contributed by atoms with van der Waals surface area (Å²) in [5, 5.41) is 6.19. The molecular formula is C15H21ClN2O3. The lowest BCUT2D eigenvalue weighted by Crippen LogP contribution is -2.37. The Labute approximate surface area is 130 Å². The molecule has 1 amide bonds. The van der Waals surface area contributed by atoms with Crippen molar-refractivity contribution in [2.45, 2.75) is 25.8 Å². The molecule has 1 aromatic rings. The fourth-order valence-electron chi connectivity index (χ4n) is 2.37. The zero-order valence-corrected chi connectivity index (χ0v) is 13.1. The summed E-state index contributed by atoms with van der Waals surface area (Å²) in [6.45, 7) is 3.26. The van der Waals surface area contributed by atoms with Gasteiger partial charge in [-0.1, -0.05) is 0 Å². The van der Waals surface area contributed by atoms with Gasteiger partial charge in [0.05, 0.1) is 13.5 Å². The van der Waals surface area contributed by atoms with Crippen LogP contribution < -0.4 is 15.4 Å². The predicted octanol–water partition coefficient (Wildman–Crippen LogP) is 1.34. The van der Waals surface area contributed by atoms with Crippen molar-refractivity contribution in [1.29, 1.82) is 0 Å². The van der Waals surface area contributed by atoms with E-state index in [1.165, 1.54) is 6.92 Å². The van der Waals surface area contributed by atoms with Gasteiger partial charge in [-0.15, -0.1) is 12.4 Å². The number of ketones is 1. The molecule has 1 aliphatic rings. The summed E-state index contributed by atoms with van der Waals surface area (Å²) >= 11 is 0. The fourth-order valence-corrected chi connectivity index (χ4v) is 2.37. The highest BCUT2D eigenvalue weighted by Crippen LogP contribution is 2.21. The van der Waals surface area contributed by atoms with Crippen molar-refractivity contribution in [3.05, 3.63) is 29.3 Å². The first-order valence-corrected chi connectivity index (χ1v) is 6.78. The molecule has 2 N–H and O–H groups in total. The molecule has 1 fully saturated rings. The summed E-state index contributed by atoms with van der Waals surface area (Å²) in [7, 11) is 1.56. The lowest BCUT2D eigenvalue weighted by molar-refractivity contribution is -0.121. The number of hydrogen-bond donors (Lipinski definition) is 2. The van der Waals surface area contributed by atoms with Gasteiger partial charge in [-0.3, -0.25) is 9.59 Å². The Hall–Kier alpha value is -1.59. The summed E-state index contributed by atoms with van der Waals surface area (Å²) in [5.41, 5.74) is 1.33. The van der Waals surface area contributed by atoms with E-state index >= 15 is 0 Å². The van der Waals surface area contributed by atoms with E-state index in [1.54, 1.807) is 25.3 Å². The van der Waals surface area contributed by atoms with Crippen LogP contribution in [0.4, 0.5) is 0 Å². The number of amides is 1. The van der Waals surface area contributed by atoms with Crippen LogP contribution in [-0.2, 0) is 11.2 Å². The number of benzene rings is 1. The predicted molar refractivity (Wildman–Crippen MR) is 83.4 cm³/mol. The molecule has 1 heterocycles. The van der Waals surface area contributed by atoms with Crippen LogP contribution >= 0.6 is 12.4 Å². The molecule has 0 aromatic heterocycles. The Morgan fingerprint density at radius 2 is 2.19 bits per heavy atom. The highest BCUT2D eigenvalue weighted by molar-refractivity contribution is 5.94. The van der Waals surface area contributed by atoms with Gasteiger partial charge in [0.2, 0.25) is 5.91 Å². The van der Waals surface area contributed by atoms with Crippen molar-refractivity contribution in [2.24, 2.45) is 0 Å². The normalized spacial score (nSPS) is 17.0. The first kappa shape index (κ1) is 17.5. The van der Waals surface area contributed by atoms with Crippen molar-refractivity contribution in [1.82, 2.24) is 10.6 Å². The lowest BCUT2D eigenvalue weighted by atomic mass is 10.0. The van der Waals surface area contributed by atoms with E-state index in [0.29, 0.717) is 11.3 Å². The zero-order valence-electron chi connectivity index (χ0n) is 12.3. The maximum absolute atomic E-state index is 12.0. The second-order valence-electron chi connectivity index (χ2n) is 5.02. The zero-order chi connectivity index (χ0) is 14.5. The van der Waals surface area contributed by atoms with E-state index in [0.717, 1.165) is 25.1 Å².